The molecule has 0 radical (unpaired) electrons. The minimum absolute atomic E-state index is 0.371. The second kappa shape index (κ2) is 3.79. The van der Waals surface area contributed by atoms with Gasteiger partial charge in [-0.2, -0.15) is 0 Å². The smallest absolute Gasteiger partial charge is 0.119 e. The van der Waals surface area contributed by atoms with Crippen LogP contribution < -0.4 is 0 Å². The Hall–Kier alpha value is -0.720. The third kappa shape index (κ3) is 1.71. The predicted octanol–water partition coefficient (Wildman–Crippen LogP) is 3.04. The summed E-state index contributed by atoms with van der Waals surface area (Å²) in [6.45, 7) is 0. The molecule has 1 heterocycles. The van der Waals surface area contributed by atoms with Crippen molar-refractivity contribution in [2.45, 2.75) is 38.2 Å². The van der Waals surface area contributed by atoms with E-state index in [2.05, 4.69) is 12.2 Å². The van der Waals surface area contributed by atoms with Crippen LogP contribution in [-0.4, -0.2) is 6.10 Å². The fraction of sp³-hybridized carbons (Fsp3) is 0.636. The summed E-state index contributed by atoms with van der Waals surface area (Å²) in [7, 11) is 0. The zero-order valence-electron chi connectivity index (χ0n) is 7.41. The predicted molar refractivity (Wildman–Crippen MR) is 49.7 cm³/mol. The molecule has 0 bridgehead atoms. The first kappa shape index (κ1) is 7.90. The van der Waals surface area contributed by atoms with E-state index in [-0.39, 0.29) is 0 Å². The molecule has 1 nitrogen and oxygen atoms in total. The molecule has 12 heavy (non-hydrogen) atoms. The van der Waals surface area contributed by atoms with Gasteiger partial charge in [-0.15, -0.1) is 0 Å². The first-order chi connectivity index (χ1) is 5.97. The van der Waals surface area contributed by atoms with Crippen molar-refractivity contribution in [3.8, 4) is 0 Å². The third-order valence-corrected chi connectivity index (χ3v) is 2.84. The lowest BCUT2D eigenvalue weighted by Crippen LogP contribution is -2.23. The van der Waals surface area contributed by atoms with Crippen LogP contribution in [0.2, 0.25) is 0 Å². The van der Waals surface area contributed by atoms with E-state index in [1.807, 2.05) is 12.3 Å². The maximum atomic E-state index is 5.55. The van der Waals surface area contributed by atoms with Crippen LogP contribution in [0.1, 0.15) is 32.1 Å². The average molecular weight is 164 g/mol. The topological polar surface area (TPSA) is 9.23 Å². The Bertz CT molecular complexity index is 187. The molecule has 0 aromatic carbocycles. The maximum absolute atomic E-state index is 5.55. The molecular formula is C11H16O. The van der Waals surface area contributed by atoms with Crippen molar-refractivity contribution in [3.05, 3.63) is 24.5 Å². The SMILES string of the molecule is C1=COC(C2CCCCC2)C=C1. The minimum Gasteiger partial charge on any atom is -0.494 e. The molecule has 0 amide bonds. The van der Waals surface area contributed by atoms with Gasteiger partial charge >= 0.3 is 0 Å². The number of ether oxygens (including phenoxy) is 1. The monoisotopic (exact) mass is 164 g/mol. The highest BCUT2D eigenvalue weighted by molar-refractivity contribution is 5.08. The van der Waals surface area contributed by atoms with Crippen molar-refractivity contribution < 1.29 is 4.74 Å². The van der Waals surface area contributed by atoms with E-state index in [0.29, 0.717) is 6.10 Å². The largest absolute Gasteiger partial charge is 0.494 e. The van der Waals surface area contributed by atoms with Gasteiger partial charge in [0, 0.05) is 0 Å². The van der Waals surface area contributed by atoms with Crippen molar-refractivity contribution in [3.63, 3.8) is 0 Å². The van der Waals surface area contributed by atoms with Crippen LogP contribution in [-0.2, 0) is 4.74 Å². The minimum atomic E-state index is 0.371. The first-order valence-corrected chi connectivity index (χ1v) is 4.95. The van der Waals surface area contributed by atoms with Crippen molar-refractivity contribution in [1.29, 1.82) is 0 Å². The summed E-state index contributed by atoms with van der Waals surface area (Å²) in [5, 5.41) is 0. The summed E-state index contributed by atoms with van der Waals surface area (Å²) in [4.78, 5) is 0. The van der Waals surface area contributed by atoms with E-state index in [1.54, 1.807) is 0 Å². The Morgan fingerprint density at radius 3 is 2.50 bits per heavy atom. The van der Waals surface area contributed by atoms with E-state index in [0.717, 1.165) is 5.92 Å². The van der Waals surface area contributed by atoms with Crippen molar-refractivity contribution in [2.24, 2.45) is 5.92 Å². The van der Waals surface area contributed by atoms with Crippen LogP contribution >= 0.6 is 0 Å². The average Bonchev–Trinajstić information content (AvgIpc) is 2.21. The molecule has 0 N–H and O–H groups in total. The summed E-state index contributed by atoms with van der Waals surface area (Å²) < 4.78 is 5.55. The molecule has 1 aliphatic carbocycles. The maximum Gasteiger partial charge on any atom is 0.119 e. The summed E-state index contributed by atoms with van der Waals surface area (Å²) in [6, 6.07) is 0. The van der Waals surface area contributed by atoms with Crippen molar-refractivity contribution in [1.82, 2.24) is 0 Å². The molecule has 1 fully saturated rings. The van der Waals surface area contributed by atoms with E-state index < -0.39 is 0 Å². The Kier molecular flexibility index (Phi) is 2.50. The van der Waals surface area contributed by atoms with Crippen LogP contribution in [0, 0.1) is 5.92 Å². The Labute approximate surface area is 74.1 Å². The van der Waals surface area contributed by atoms with Crippen LogP contribution in [0.25, 0.3) is 0 Å². The van der Waals surface area contributed by atoms with Gasteiger partial charge in [-0.3, -0.25) is 0 Å². The Morgan fingerprint density at radius 2 is 1.83 bits per heavy atom. The third-order valence-electron chi connectivity index (χ3n) is 2.84. The molecule has 66 valence electrons. The molecule has 2 aliphatic rings. The molecular weight excluding hydrogens is 148 g/mol. The Morgan fingerprint density at radius 1 is 1.00 bits per heavy atom. The lowest BCUT2D eigenvalue weighted by Gasteiger charge is -2.28. The van der Waals surface area contributed by atoms with Crippen molar-refractivity contribution in [2.75, 3.05) is 0 Å². The second-order valence-electron chi connectivity index (χ2n) is 3.71. The number of allylic oxidation sites excluding steroid dienone is 2. The summed E-state index contributed by atoms with van der Waals surface area (Å²) in [5.41, 5.74) is 0. The second-order valence-corrected chi connectivity index (χ2v) is 3.71. The summed E-state index contributed by atoms with van der Waals surface area (Å²) in [6.07, 6.45) is 15.3. The van der Waals surface area contributed by atoms with E-state index >= 15 is 0 Å². The molecule has 0 spiro atoms. The van der Waals surface area contributed by atoms with E-state index in [4.69, 9.17) is 4.74 Å². The van der Waals surface area contributed by atoms with Crippen LogP contribution in [0.3, 0.4) is 0 Å². The Balaban J connectivity index is 1.90. The fourth-order valence-corrected chi connectivity index (χ4v) is 2.13. The van der Waals surface area contributed by atoms with Gasteiger partial charge in [0.2, 0.25) is 0 Å². The molecule has 1 aliphatic heterocycles. The van der Waals surface area contributed by atoms with Gasteiger partial charge in [0.05, 0.1) is 6.26 Å². The fourth-order valence-electron chi connectivity index (χ4n) is 2.13. The highest BCUT2D eigenvalue weighted by atomic mass is 16.5. The molecule has 0 aromatic rings. The van der Waals surface area contributed by atoms with Gasteiger partial charge in [-0.25, -0.2) is 0 Å². The molecule has 0 saturated heterocycles. The lowest BCUT2D eigenvalue weighted by atomic mass is 9.85. The molecule has 2 rings (SSSR count). The molecule has 1 saturated carbocycles. The lowest BCUT2D eigenvalue weighted by molar-refractivity contribution is 0.101. The number of hydrogen-bond acceptors (Lipinski definition) is 1. The van der Waals surface area contributed by atoms with Gasteiger partial charge in [-0.1, -0.05) is 25.3 Å². The normalized spacial score (nSPS) is 30.2. The van der Waals surface area contributed by atoms with E-state index in [9.17, 15) is 0 Å². The van der Waals surface area contributed by atoms with Crippen LogP contribution in [0.15, 0.2) is 24.5 Å². The first-order valence-electron chi connectivity index (χ1n) is 4.95. The van der Waals surface area contributed by atoms with Gasteiger partial charge < -0.3 is 4.74 Å². The highest BCUT2D eigenvalue weighted by Gasteiger charge is 2.22. The van der Waals surface area contributed by atoms with Crippen molar-refractivity contribution >= 4 is 0 Å². The van der Waals surface area contributed by atoms with Crippen LogP contribution in [0.4, 0.5) is 0 Å². The standard InChI is InChI=1S/C11H16O/c1-2-6-10(7-3-1)11-8-4-5-9-12-11/h4-5,8-11H,1-3,6-7H2. The summed E-state index contributed by atoms with van der Waals surface area (Å²) in [5.74, 6) is 0.778. The number of hydrogen-bond donors (Lipinski definition) is 0. The molecule has 1 unspecified atom stereocenters. The van der Waals surface area contributed by atoms with Crippen LogP contribution in [0.5, 0.6) is 0 Å². The highest BCUT2D eigenvalue weighted by Crippen LogP contribution is 2.29. The zero-order chi connectivity index (χ0) is 8.23. The molecule has 0 aromatic heterocycles. The quantitative estimate of drug-likeness (QED) is 0.578. The molecule has 1 atom stereocenters. The van der Waals surface area contributed by atoms with Gasteiger partial charge in [0.25, 0.3) is 0 Å². The summed E-state index contributed by atoms with van der Waals surface area (Å²) >= 11 is 0. The van der Waals surface area contributed by atoms with Gasteiger partial charge in [0.1, 0.15) is 6.10 Å². The molecule has 1 heteroatoms. The number of rotatable bonds is 1. The van der Waals surface area contributed by atoms with Gasteiger partial charge in [0.15, 0.2) is 0 Å². The van der Waals surface area contributed by atoms with Gasteiger partial charge in [-0.05, 0) is 30.9 Å². The van der Waals surface area contributed by atoms with E-state index in [1.165, 1.54) is 32.1 Å². The zero-order valence-corrected chi connectivity index (χ0v) is 7.41.